The number of alkyl halides is 3. The van der Waals surface area contributed by atoms with Crippen LogP contribution >= 0.6 is 0 Å². The van der Waals surface area contributed by atoms with Gasteiger partial charge in [-0.1, -0.05) is 12.1 Å². The number of ether oxygens (including phenoxy) is 1. The van der Waals surface area contributed by atoms with Crippen LogP contribution in [0.5, 0.6) is 5.75 Å². The number of halogens is 3. The minimum absolute atomic E-state index is 0.118. The first kappa shape index (κ1) is 22.6. The summed E-state index contributed by atoms with van der Waals surface area (Å²) in [5.41, 5.74) is -3.97. The molecule has 0 aromatic heterocycles. The number of amides is 3. The molecule has 1 atom stereocenters. The number of methoxy groups -OCH3 is 1. The largest absolute Gasteiger partial charge is 0.508 e. The van der Waals surface area contributed by atoms with Gasteiger partial charge in [-0.25, -0.2) is 9.69 Å². The summed E-state index contributed by atoms with van der Waals surface area (Å²) in [5.74, 6) is -1.89. The van der Waals surface area contributed by atoms with Gasteiger partial charge in [-0.3, -0.25) is 14.5 Å². The van der Waals surface area contributed by atoms with Crippen molar-refractivity contribution in [2.24, 2.45) is 0 Å². The number of phenolic OH excluding ortho intramolecular Hbond substituents is 1. The first-order valence-corrected chi connectivity index (χ1v) is 9.09. The predicted octanol–water partition coefficient (Wildman–Crippen LogP) is 3.14. The molecule has 1 fully saturated rings. The molecule has 1 unspecified atom stereocenters. The molecule has 2 aromatic carbocycles. The second-order valence-electron chi connectivity index (χ2n) is 7.04. The molecule has 0 bridgehead atoms. The average molecular weight is 447 g/mol. The first-order valence-electron chi connectivity index (χ1n) is 9.09. The lowest BCUT2D eigenvalue weighted by Crippen LogP contribution is -2.46. The van der Waals surface area contributed by atoms with Gasteiger partial charge >= 0.3 is 18.2 Å². The third-order valence-corrected chi connectivity index (χ3v) is 5.21. The van der Waals surface area contributed by atoms with Crippen LogP contribution in [0.2, 0.25) is 0 Å². The molecular formula is C21H16F3N3O5. The number of nitriles is 1. The third kappa shape index (κ3) is 3.60. The lowest BCUT2D eigenvalue weighted by Gasteiger charge is -2.31. The van der Waals surface area contributed by atoms with E-state index < -0.39 is 53.0 Å². The lowest BCUT2D eigenvalue weighted by atomic mass is 9.90. The van der Waals surface area contributed by atoms with E-state index in [1.54, 1.807) is 0 Å². The van der Waals surface area contributed by atoms with E-state index in [0.29, 0.717) is 11.0 Å². The molecule has 2 aromatic rings. The van der Waals surface area contributed by atoms with Crippen molar-refractivity contribution in [1.29, 1.82) is 5.26 Å². The number of hydrogen-bond donors (Lipinski definition) is 1. The van der Waals surface area contributed by atoms with Crippen LogP contribution in [0.4, 0.5) is 23.7 Å². The van der Waals surface area contributed by atoms with E-state index in [2.05, 4.69) is 4.74 Å². The number of hydrogen-bond acceptors (Lipinski definition) is 6. The number of aromatic hydroxyl groups is 1. The van der Waals surface area contributed by atoms with E-state index in [-0.39, 0.29) is 11.3 Å². The molecule has 1 aliphatic rings. The zero-order chi connectivity index (χ0) is 23.8. The topological polar surface area (TPSA) is 111 Å². The third-order valence-electron chi connectivity index (χ3n) is 5.21. The zero-order valence-electron chi connectivity index (χ0n) is 16.8. The average Bonchev–Trinajstić information content (AvgIpc) is 2.94. The van der Waals surface area contributed by atoms with Gasteiger partial charge in [-0.15, -0.1) is 0 Å². The van der Waals surface area contributed by atoms with Gasteiger partial charge < -0.3 is 9.84 Å². The molecular weight excluding hydrogens is 431 g/mol. The van der Waals surface area contributed by atoms with Crippen molar-refractivity contribution in [3.63, 3.8) is 0 Å². The van der Waals surface area contributed by atoms with Gasteiger partial charge in [0.25, 0.3) is 5.91 Å². The zero-order valence-corrected chi connectivity index (χ0v) is 16.8. The molecule has 8 nitrogen and oxygen atoms in total. The molecule has 0 radical (unpaired) electrons. The second-order valence-corrected chi connectivity index (χ2v) is 7.04. The van der Waals surface area contributed by atoms with Crippen LogP contribution in [-0.2, 0) is 26.0 Å². The number of carbonyl (C=O) groups is 3. The number of imide groups is 1. The van der Waals surface area contributed by atoms with Gasteiger partial charge in [0.05, 0.1) is 30.0 Å². The van der Waals surface area contributed by atoms with Gasteiger partial charge in [0.15, 0.2) is 0 Å². The Morgan fingerprint density at radius 3 is 2.34 bits per heavy atom. The van der Waals surface area contributed by atoms with Crippen LogP contribution in [0.15, 0.2) is 42.5 Å². The molecule has 1 aliphatic heterocycles. The van der Waals surface area contributed by atoms with Crippen molar-refractivity contribution < 1.29 is 37.4 Å². The number of phenols is 1. The second kappa shape index (κ2) is 7.88. The van der Waals surface area contributed by atoms with Crippen LogP contribution in [0.3, 0.4) is 0 Å². The van der Waals surface area contributed by atoms with Crippen LogP contribution < -0.4 is 4.90 Å². The number of rotatable bonds is 4. The molecule has 0 aliphatic carbocycles. The summed E-state index contributed by atoms with van der Waals surface area (Å²) in [5, 5.41) is 18.5. The summed E-state index contributed by atoms with van der Waals surface area (Å²) in [6, 6.07) is 8.06. The fourth-order valence-corrected chi connectivity index (χ4v) is 3.45. The van der Waals surface area contributed by atoms with E-state index in [0.717, 1.165) is 24.1 Å². The van der Waals surface area contributed by atoms with Crippen molar-refractivity contribution in [1.82, 2.24) is 4.90 Å². The van der Waals surface area contributed by atoms with Gasteiger partial charge in [0.2, 0.25) is 0 Å². The quantitative estimate of drug-likeness (QED) is 0.570. The Balaban J connectivity index is 2.18. The summed E-state index contributed by atoms with van der Waals surface area (Å²) in [7, 11) is 1.08. The Hall–Kier alpha value is -4.07. The Bertz CT molecular complexity index is 1140. The lowest BCUT2D eigenvalue weighted by molar-refractivity contribution is -0.143. The van der Waals surface area contributed by atoms with E-state index in [4.69, 9.17) is 5.26 Å². The normalized spacial score (nSPS) is 18.6. The summed E-state index contributed by atoms with van der Waals surface area (Å²) < 4.78 is 44.8. The molecule has 11 heteroatoms. The molecule has 32 heavy (non-hydrogen) atoms. The van der Waals surface area contributed by atoms with Crippen molar-refractivity contribution in [3.8, 4) is 11.8 Å². The molecule has 3 amide bonds. The minimum atomic E-state index is -4.90. The molecule has 1 N–H and O–H groups in total. The maximum Gasteiger partial charge on any atom is 0.417 e. The maximum atomic E-state index is 13.4. The monoisotopic (exact) mass is 447 g/mol. The van der Waals surface area contributed by atoms with Crippen molar-refractivity contribution in [2.75, 3.05) is 18.6 Å². The van der Waals surface area contributed by atoms with Gasteiger partial charge in [0.1, 0.15) is 17.8 Å². The summed E-state index contributed by atoms with van der Waals surface area (Å²) >= 11 is 0. The number of benzene rings is 2. The standard InChI is InChI=1S/C21H16F3N3O5/c1-20(13-4-7-15(28)8-5-13)18(30)27(19(31)26(20)11-17(29)32-2)14-6-3-12(10-25)16(9-14)21(22,23)24/h3-9,28H,11H2,1-2H3. The Morgan fingerprint density at radius 1 is 1.19 bits per heavy atom. The number of nitrogens with zero attached hydrogens (tertiary/aromatic N) is 3. The summed E-state index contributed by atoms with van der Waals surface area (Å²) in [6.07, 6.45) is -4.90. The van der Waals surface area contributed by atoms with Gasteiger partial charge in [-0.05, 0) is 42.8 Å². The summed E-state index contributed by atoms with van der Waals surface area (Å²) in [4.78, 5) is 39.9. The molecule has 0 spiro atoms. The van der Waals surface area contributed by atoms with Crippen LogP contribution in [0.1, 0.15) is 23.6 Å². The minimum Gasteiger partial charge on any atom is -0.508 e. The van der Waals surface area contributed by atoms with Crippen LogP contribution in [0, 0.1) is 11.3 Å². The Labute approximate surface area is 180 Å². The SMILES string of the molecule is COC(=O)CN1C(=O)N(c2ccc(C#N)c(C(F)(F)F)c2)C(=O)C1(C)c1ccc(O)cc1. The molecule has 166 valence electrons. The van der Waals surface area contributed by atoms with Crippen molar-refractivity contribution >= 4 is 23.6 Å². The maximum absolute atomic E-state index is 13.4. The van der Waals surface area contributed by atoms with E-state index in [1.807, 2.05) is 0 Å². The van der Waals surface area contributed by atoms with E-state index in [1.165, 1.54) is 37.3 Å². The highest BCUT2D eigenvalue weighted by molar-refractivity contribution is 6.23. The fourth-order valence-electron chi connectivity index (χ4n) is 3.45. The van der Waals surface area contributed by atoms with Crippen molar-refractivity contribution in [3.05, 3.63) is 59.2 Å². The predicted molar refractivity (Wildman–Crippen MR) is 103 cm³/mol. The number of anilines is 1. The van der Waals surface area contributed by atoms with E-state index >= 15 is 0 Å². The molecule has 1 heterocycles. The van der Waals surface area contributed by atoms with Gasteiger partial charge in [-0.2, -0.15) is 18.4 Å². The first-order chi connectivity index (χ1) is 14.9. The van der Waals surface area contributed by atoms with Crippen LogP contribution in [0.25, 0.3) is 0 Å². The summed E-state index contributed by atoms with van der Waals surface area (Å²) in [6.45, 7) is 0.675. The Morgan fingerprint density at radius 2 is 1.81 bits per heavy atom. The van der Waals surface area contributed by atoms with E-state index in [9.17, 15) is 32.7 Å². The van der Waals surface area contributed by atoms with Gasteiger partial charge in [0, 0.05) is 0 Å². The van der Waals surface area contributed by atoms with Crippen LogP contribution in [-0.4, -0.2) is 41.6 Å². The number of carbonyl (C=O) groups excluding carboxylic acids is 3. The highest BCUT2D eigenvalue weighted by Gasteiger charge is 2.56. The highest BCUT2D eigenvalue weighted by Crippen LogP contribution is 2.41. The molecule has 0 saturated carbocycles. The molecule has 3 rings (SSSR count). The highest BCUT2D eigenvalue weighted by atomic mass is 19.4. The van der Waals surface area contributed by atoms with Crippen molar-refractivity contribution in [2.45, 2.75) is 18.6 Å². The number of urea groups is 1. The number of esters is 1. The molecule has 1 saturated heterocycles. The Kier molecular flexibility index (Phi) is 5.57. The smallest absolute Gasteiger partial charge is 0.417 e. The fraction of sp³-hybridized carbons (Fsp3) is 0.238.